The van der Waals surface area contributed by atoms with Gasteiger partial charge in [0.15, 0.2) is 0 Å². The van der Waals surface area contributed by atoms with Gasteiger partial charge in [-0.1, -0.05) is 17.2 Å². The van der Waals surface area contributed by atoms with E-state index in [1.165, 1.54) is 18.1 Å². The highest BCUT2D eigenvalue weighted by molar-refractivity contribution is 5.66. The van der Waals surface area contributed by atoms with E-state index in [4.69, 9.17) is 9.15 Å². The number of allylic oxidation sites excluding steroid dienone is 3. The van der Waals surface area contributed by atoms with Crippen molar-refractivity contribution in [1.29, 1.82) is 0 Å². The number of rotatable bonds is 7. The van der Waals surface area contributed by atoms with E-state index < -0.39 is 0 Å². The van der Waals surface area contributed by atoms with Crippen LogP contribution in [0.2, 0.25) is 0 Å². The second-order valence-corrected chi connectivity index (χ2v) is 5.32. The fourth-order valence-corrected chi connectivity index (χ4v) is 1.98. The molecule has 0 aliphatic rings. The first-order chi connectivity index (χ1) is 9.47. The summed E-state index contributed by atoms with van der Waals surface area (Å²) >= 11 is 0. The molecule has 0 saturated carbocycles. The van der Waals surface area contributed by atoms with Crippen molar-refractivity contribution in [1.82, 2.24) is 0 Å². The van der Waals surface area contributed by atoms with Crippen molar-refractivity contribution in [2.75, 3.05) is 0 Å². The monoisotopic (exact) mass is 276 g/mol. The zero-order valence-electron chi connectivity index (χ0n) is 12.8. The van der Waals surface area contributed by atoms with Crippen LogP contribution in [-0.4, -0.2) is 12.1 Å². The van der Waals surface area contributed by atoms with Crippen LogP contribution < -0.4 is 0 Å². The lowest BCUT2D eigenvalue weighted by molar-refractivity contribution is -0.144. The first-order valence-electron chi connectivity index (χ1n) is 6.96. The van der Waals surface area contributed by atoms with E-state index in [1.807, 2.05) is 12.1 Å². The Morgan fingerprint density at radius 3 is 2.65 bits per heavy atom. The van der Waals surface area contributed by atoms with Gasteiger partial charge in [0.05, 0.1) is 12.5 Å². The van der Waals surface area contributed by atoms with E-state index >= 15 is 0 Å². The summed E-state index contributed by atoms with van der Waals surface area (Å²) in [5, 5.41) is 0. The molecule has 3 nitrogen and oxygen atoms in total. The van der Waals surface area contributed by atoms with Crippen LogP contribution in [0, 0.1) is 0 Å². The van der Waals surface area contributed by atoms with Crippen molar-refractivity contribution in [3.63, 3.8) is 0 Å². The molecule has 1 aromatic heterocycles. The lowest BCUT2D eigenvalue weighted by Crippen LogP contribution is -2.17. The minimum atomic E-state index is -0.258. The lowest BCUT2D eigenvalue weighted by atomic mass is 10.1. The van der Waals surface area contributed by atoms with E-state index in [2.05, 4.69) is 26.8 Å². The van der Waals surface area contributed by atoms with Crippen molar-refractivity contribution in [3.05, 3.63) is 47.5 Å². The maximum Gasteiger partial charge on any atom is 0.303 e. The van der Waals surface area contributed by atoms with Gasteiger partial charge < -0.3 is 9.15 Å². The van der Waals surface area contributed by atoms with Gasteiger partial charge in [-0.2, -0.15) is 0 Å². The summed E-state index contributed by atoms with van der Waals surface area (Å²) < 4.78 is 10.4. The van der Waals surface area contributed by atoms with Gasteiger partial charge in [0.1, 0.15) is 6.10 Å². The maximum atomic E-state index is 11.2. The molecule has 110 valence electrons. The minimum absolute atomic E-state index is 0.225. The van der Waals surface area contributed by atoms with Crippen molar-refractivity contribution in [2.24, 2.45) is 0 Å². The highest BCUT2D eigenvalue weighted by Crippen LogP contribution is 2.13. The Labute approximate surface area is 121 Å². The molecule has 1 aromatic rings. The molecule has 0 aliphatic carbocycles. The van der Waals surface area contributed by atoms with Crippen LogP contribution in [0.4, 0.5) is 0 Å². The molecular weight excluding hydrogens is 252 g/mol. The molecule has 0 bridgehead atoms. The Balaban J connectivity index is 2.62. The average Bonchev–Trinajstić information content (AvgIpc) is 2.80. The van der Waals surface area contributed by atoms with E-state index in [0.717, 1.165) is 18.4 Å². The van der Waals surface area contributed by atoms with Crippen LogP contribution in [0.15, 0.2) is 46.3 Å². The van der Waals surface area contributed by atoms with Crippen LogP contribution in [0.25, 0.3) is 0 Å². The molecule has 3 heteroatoms. The predicted octanol–water partition coefficient (Wildman–Crippen LogP) is 4.45. The van der Waals surface area contributed by atoms with Crippen molar-refractivity contribution in [2.45, 2.75) is 53.1 Å². The van der Waals surface area contributed by atoms with E-state index in [9.17, 15) is 4.79 Å². The molecule has 0 aliphatic heterocycles. The van der Waals surface area contributed by atoms with Crippen molar-refractivity contribution >= 4 is 5.97 Å². The van der Waals surface area contributed by atoms with Gasteiger partial charge in [-0.15, -0.1) is 0 Å². The molecule has 0 amide bonds. The fraction of sp³-hybridized carbons (Fsp3) is 0.471. The first kappa shape index (κ1) is 16.3. The summed E-state index contributed by atoms with van der Waals surface area (Å²) in [5.74, 6) is -0.258. The highest BCUT2D eigenvalue weighted by Gasteiger charge is 2.11. The average molecular weight is 276 g/mol. The second-order valence-electron chi connectivity index (χ2n) is 5.32. The molecule has 1 atom stereocenters. The van der Waals surface area contributed by atoms with Crippen LogP contribution in [-0.2, 0) is 16.0 Å². The number of carbonyl (C=O) groups is 1. The van der Waals surface area contributed by atoms with Gasteiger partial charge in [-0.25, -0.2) is 0 Å². The standard InChI is InChI=1S/C17H24O3/c1-13(2)6-5-7-14(3)10-17(20-15(4)18)11-16-8-9-19-12-16/h6,8-10,12,17H,5,7,11H2,1-4H3/b14-10-. The highest BCUT2D eigenvalue weighted by atomic mass is 16.5. The third-order valence-electron chi connectivity index (χ3n) is 2.90. The maximum absolute atomic E-state index is 11.2. The van der Waals surface area contributed by atoms with Crippen molar-refractivity contribution in [3.8, 4) is 0 Å². The summed E-state index contributed by atoms with van der Waals surface area (Å²) in [5.41, 5.74) is 3.59. The third-order valence-corrected chi connectivity index (χ3v) is 2.90. The van der Waals surface area contributed by atoms with Crippen LogP contribution >= 0.6 is 0 Å². The predicted molar refractivity (Wildman–Crippen MR) is 80.4 cm³/mol. The Morgan fingerprint density at radius 1 is 1.35 bits per heavy atom. The summed E-state index contributed by atoms with van der Waals surface area (Å²) in [6.07, 6.45) is 9.99. The smallest absolute Gasteiger partial charge is 0.303 e. The van der Waals surface area contributed by atoms with Gasteiger partial charge in [0.25, 0.3) is 0 Å². The molecule has 0 fully saturated rings. The Bertz CT molecular complexity index is 462. The van der Waals surface area contributed by atoms with Gasteiger partial charge in [-0.3, -0.25) is 4.79 Å². The third kappa shape index (κ3) is 6.98. The number of hydrogen-bond donors (Lipinski definition) is 0. The number of carbonyl (C=O) groups excluding carboxylic acids is 1. The summed E-state index contributed by atoms with van der Waals surface area (Å²) in [6, 6.07) is 1.89. The zero-order chi connectivity index (χ0) is 15.0. The number of esters is 1. The van der Waals surface area contributed by atoms with E-state index in [0.29, 0.717) is 6.42 Å². The minimum Gasteiger partial charge on any atom is -0.472 e. The Hall–Kier alpha value is -1.77. The summed E-state index contributed by atoms with van der Waals surface area (Å²) in [7, 11) is 0. The molecule has 0 aromatic carbocycles. The number of furan rings is 1. The summed E-state index contributed by atoms with van der Waals surface area (Å²) in [4.78, 5) is 11.2. The largest absolute Gasteiger partial charge is 0.472 e. The Morgan fingerprint density at radius 2 is 2.10 bits per heavy atom. The fourth-order valence-electron chi connectivity index (χ4n) is 1.98. The Kier molecular flexibility index (Phi) is 6.85. The molecule has 0 spiro atoms. The van der Waals surface area contributed by atoms with Gasteiger partial charge >= 0.3 is 5.97 Å². The lowest BCUT2D eigenvalue weighted by Gasteiger charge is -2.13. The SMILES string of the molecule is CC(=O)OC(/C=C(/C)CCC=C(C)C)Cc1ccoc1. The van der Waals surface area contributed by atoms with Crippen LogP contribution in [0.1, 0.15) is 46.1 Å². The molecule has 20 heavy (non-hydrogen) atoms. The molecule has 0 saturated heterocycles. The number of hydrogen-bond acceptors (Lipinski definition) is 3. The molecular formula is C17H24O3. The van der Waals surface area contributed by atoms with Crippen molar-refractivity contribution < 1.29 is 13.9 Å². The normalized spacial score (nSPS) is 12.9. The molecule has 0 radical (unpaired) electrons. The second kappa shape index (κ2) is 8.41. The summed E-state index contributed by atoms with van der Waals surface area (Å²) in [6.45, 7) is 7.71. The van der Waals surface area contributed by atoms with Crippen LogP contribution in [0.3, 0.4) is 0 Å². The zero-order valence-corrected chi connectivity index (χ0v) is 12.8. The van der Waals surface area contributed by atoms with E-state index in [1.54, 1.807) is 12.5 Å². The van der Waals surface area contributed by atoms with Gasteiger partial charge in [0, 0.05) is 13.3 Å². The van der Waals surface area contributed by atoms with E-state index in [-0.39, 0.29) is 12.1 Å². The van der Waals surface area contributed by atoms with Gasteiger partial charge in [-0.05, 0) is 51.3 Å². The molecule has 1 rings (SSSR count). The quantitative estimate of drug-likeness (QED) is 0.545. The molecule has 1 heterocycles. The number of ether oxygens (including phenoxy) is 1. The first-order valence-corrected chi connectivity index (χ1v) is 6.96. The van der Waals surface area contributed by atoms with Crippen LogP contribution in [0.5, 0.6) is 0 Å². The molecule has 1 unspecified atom stereocenters. The molecule has 0 N–H and O–H groups in total. The van der Waals surface area contributed by atoms with Gasteiger partial charge in [0.2, 0.25) is 0 Å². The topological polar surface area (TPSA) is 39.4 Å².